The number of ether oxygens (including phenoxy) is 1. The van der Waals surface area contributed by atoms with E-state index in [9.17, 15) is 18.0 Å². The van der Waals surface area contributed by atoms with Gasteiger partial charge in [0.05, 0.1) is 34.5 Å². The fourth-order valence-corrected chi connectivity index (χ4v) is 2.73. The Morgan fingerprint density at radius 1 is 1.30 bits per heavy atom. The van der Waals surface area contributed by atoms with Crippen LogP contribution < -0.4 is 5.32 Å². The Kier molecular flexibility index (Phi) is 5.13. The van der Waals surface area contributed by atoms with Crippen molar-refractivity contribution in [2.24, 2.45) is 0 Å². The molecule has 0 saturated carbocycles. The molecule has 27 heavy (non-hydrogen) atoms. The normalized spacial score (nSPS) is 11.7. The zero-order valence-electron chi connectivity index (χ0n) is 14.6. The van der Waals surface area contributed by atoms with Gasteiger partial charge in [0.15, 0.2) is 0 Å². The number of halogens is 3. The Morgan fingerprint density at radius 2 is 2.04 bits per heavy atom. The van der Waals surface area contributed by atoms with E-state index < -0.39 is 17.6 Å². The van der Waals surface area contributed by atoms with Gasteiger partial charge in [-0.2, -0.15) is 13.2 Å². The minimum atomic E-state index is -4.56. The van der Waals surface area contributed by atoms with E-state index in [0.29, 0.717) is 17.7 Å². The minimum absolute atomic E-state index is 0.00105. The number of amides is 1. The van der Waals surface area contributed by atoms with Crippen molar-refractivity contribution in [1.82, 2.24) is 15.5 Å². The fraction of sp³-hybridized carbons (Fsp3) is 0.278. The molecule has 6 nitrogen and oxygen atoms in total. The largest absolute Gasteiger partial charge is 0.417 e. The number of pyridine rings is 1. The third-order valence-corrected chi connectivity index (χ3v) is 3.96. The van der Waals surface area contributed by atoms with Crippen LogP contribution in [0.3, 0.4) is 0 Å². The van der Waals surface area contributed by atoms with E-state index in [2.05, 4.69) is 15.5 Å². The molecule has 0 fully saturated rings. The average Bonchev–Trinajstić information content (AvgIpc) is 3.01. The fourth-order valence-electron chi connectivity index (χ4n) is 2.73. The number of benzene rings is 1. The highest BCUT2D eigenvalue weighted by Gasteiger charge is 2.34. The Balaban J connectivity index is 2.16. The maximum absolute atomic E-state index is 13.4. The molecule has 142 valence electrons. The van der Waals surface area contributed by atoms with Crippen LogP contribution in [0.2, 0.25) is 0 Å². The van der Waals surface area contributed by atoms with Gasteiger partial charge >= 0.3 is 6.18 Å². The van der Waals surface area contributed by atoms with E-state index in [1.165, 1.54) is 31.4 Å². The van der Waals surface area contributed by atoms with E-state index in [1.807, 2.05) is 0 Å². The molecule has 3 rings (SSSR count). The summed E-state index contributed by atoms with van der Waals surface area (Å²) in [5.74, 6) is -0.475. The van der Waals surface area contributed by atoms with Gasteiger partial charge in [0.2, 0.25) is 0 Å². The number of nitrogens with zero attached hydrogens (tertiary/aromatic N) is 2. The topological polar surface area (TPSA) is 77.2 Å². The number of rotatable bonds is 5. The number of alkyl halides is 3. The van der Waals surface area contributed by atoms with Crippen molar-refractivity contribution in [1.29, 1.82) is 0 Å². The standard InChI is InChI=1S/C18H16F3N3O3/c1-10-15-12(16(25)22-7-8-26-2)9-14(23-17(15)27-24-10)11-5-3-4-6-13(11)18(19,20)21/h3-6,9H,7-8H2,1-2H3,(H,22,25). The van der Waals surface area contributed by atoms with E-state index in [4.69, 9.17) is 9.26 Å². The highest BCUT2D eigenvalue weighted by molar-refractivity contribution is 6.07. The molecule has 1 amide bonds. The summed E-state index contributed by atoms with van der Waals surface area (Å²) in [6.07, 6.45) is -4.56. The molecule has 0 aliphatic heterocycles. The van der Waals surface area contributed by atoms with Gasteiger partial charge in [0, 0.05) is 19.2 Å². The van der Waals surface area contributed by atoms with Crippen molar-refractivity contribution < 1.29 is 27.2 Å². The van der Waals surface area contributed by atoms with Crippen LogP contribution in [0, 0.1) is 6.92 Å². The van der Waals surface area contributed by atoms with Crippen molar-refractivity contribution in [3.8, 4) is 11.3 Å². The molecule has 1 N–H and O–H groups in total. The van der Waals surface area contributed by atoms with Crippen molar-refractivity contribution in [3.05, 3.63) is 47.2 Å². The number of carbonyl (C=O) groups excluding carboxylic acids is 1. The zero-order valence-corrected chi connectivity index (χ0v) is 14.6. The van der Waals surface area contributed by atoms with E-state index >= 15 is 0 Å². The molecule has 0 aliphatic rings. The zero-order chi connectivity index (χ0) is 19.6. The van der Waals surface area contributed by atoms with Crippen LogP contribution in [0.15, 0.2) is 34.9 Å². The highest BCUT2D eigenvalue weighted by Crippen LogP contribution is 2.37. The number of aryl methyl sites for hydroxylation is 1. The molecule has 2 aromatic heterocycles. The molecule has 3 aromatic rings. The first-order valence-electron chi connectivity index (χ1n) is 8.03. The first-order chi connectivity index (χ1) is 12.8. The third-order valence-electron chi connectivity index (χ3n) is 3.96. The number of hydrogen-bond acceptors (Lipinski definition) is 5. The summed E-state index contributed by atoms with van der Waals surface area (Å²) in [6, 6.07) is 6.35. The lowest BCUT2D eigenvalue weighted by atomic mass is 10.0. The molecule has 0 radical (unpaired) electrons. The second-order valence-electron chi connectivity index (χ2n) is 5.80. The van der Waals surface area contributed by atoms with Crippen molar-refractivity contribution in [3.63, 3.8) is 0 Å². The van der Waals surface area contributed by atoms with Crippen LogP contribution in [0.4, 0.5) is 13.2 Å². The van der Waals surface area contributed by atoms with Crippen LogP contribution >= 0.6 is 0 Å². The second kappa shape index (κ2) is 7.36. The highest BCUT2D eigenvalue weighted by atomic mass is 19.4. The van der Waals surface area contributed by atoms with Gasteiger partial charge in [-0.3, -0.25) is 4.79 Å². The molecule has 0 spiro atoms. The van der Waals surface area contributed by atoms with Crippen molar-refractivity contribution >= 4 is 17.0 Å². The summed E-state index contributed by atoms with van der Waals surface area (Å²) in [5.41, 5.74) is -0.458. The van der Waals surface area contributed by atoms with Crippen LogP contribution in [-0.4, -0.2) is 36.3 Å². The summed E-state index contributed by atoms with van der Waals surface area (Å²) >= 11 is 0. The molecule has 0 bridgehead atoms. The Morgan fingerprint density at radius 3 is 2.74 bits per heavy atom. The van der Waals surface area contributed by atoms with Gasteiger partial charge in [-0.15, -0.1) is 0 Å². The Labute approximate surface area is 152 Å². The van der Waals surface area contributed by atoms with Gasteiger partial charge in [0.1, 0.15) is 0 Å². The van der Waals surface area contributed by atoms with Gasteiger partial charge in [0.25, 0.3) is 11.6 Å². The monoisotopic (exact) mass is 379 g/mol. The van der Waals surface area contributed by atoms with Crippen LogP contribution in [0.25, 0.3) is 22.4 Å². The molecule has 1 aromatic carbocycles. The smallest absolute Gasteiger partial charge is 0.383 e. The molecule has 0 aliphatic carbocycles. The third kappa shape index (κ3) is 3.77. The average molecular weight is 379 g/mol. The van der Waals surface area contributed by atoms with Crippen LogP contribution in [-0.2, 0) is 10.9 Å². The molecule has 0 unspecified atom stereocenters. The van der Waals surface area contributed by atoms with Gasteiger partial charge in [-0.25, -0.2) is 4.98 Å². The summed E-state index contributed by atoms with van der Waals surface area (Å²) < 4.78 is 50.1. The van der Waals surface area contributed by atoms with Crippen LogP contribution in [0.5, 0.6) is 0 Å². The summed E-state index contributed by atoms with van der Waals surface area (Å²) in [7, 11) is 1.49. The number of fused-ring (bicyclic) bond motifs is 1. The first-order valence-corrected chi connectivity index (χ1v) is 8.03. The lowest BCUT2D eigenvalue weighted by molar-refractivity contribution is -0.137. The summed E-state index contributed by atoms with van der Waals surface area (Å²) in [6.45, 7) is 2.17. The number of carbonyl (C=O) groups is 1. The molecule has 2 heterocycles. The summed E-state index contributed by atoms with van der Waals surface area (Å²) in [4.78, 5) is 16.7. The quantitative estimate of drug-likeness (QED) is 0.686. The molecular formula is C18H16F3N3O3. The minimum Gasteiger partial charge on any atom is -0.383 e. The first kappa shape index (κ1) is 18.8. The lowest BCUT2D eigenvalue weighted by Gasteiger charge is -2.13. The van der Waals surface area contributed by atoms with Gasteiger partial charge in [-0.05, 0) is 19.1 Å². The number of nitrogens with one attached hydrogen (secondary N) is 1. The van der Waals surface area contributed by atoms with E-state index in [0.717, 1.165) is 6.07 Å². The van der Waals surface area contributed by atoms with Crippen LogP contribution in [0.1, 0.15) is 21.6 Å². The number of methoxy groups -OCH3 is 1. The van der Waals surface area contributed by atoms with E-state index in [1.54, 1.807) is 6.92 Å². The van der Waals surface area contributed by atoms with Gasteiger partial charge in [-0.1, -0.05) is 23.4 Å². The molecule has 0 saturated heterocycles. The molecule has 9 heteroatoms. The Bertz CT molecular complexity index is 983. The molecular weight excluding hydrogens is 363 g/mol. The van der Waals surface area contributed by atoms with E-state index in [-0.39, 0.29) is 29.1 Å². The predicted octanol–water partition coefficient (Wildman–Crippen LogP) is 3.59. The SMILES string of the molecule is COCCNC(=O)c1cc(-c2ccccc2C(F)(F)F)nc2onc(C)c12. The molecule has 0 atom stereocenters. The Hall–Kier alpha value is -2.94. The van der Waals surface area contributed by atoms with Crippen molar-refractivity contribution in [2.75, 3.05) is 20.3 Å². The number of aromatic nitrogens is 2. The maximum Gasteiger partial charge on any atom is 0.417 e. The summed E-state index contributed by atoms with van der Waals surface area (Å²) in [5, 5.41) is 6.79. The maximum atomic E-state index is 13.4. The second-order valence-corrected chi connectivity index (χ2v) is 5.80. The predicted molar refractivity (Wildman–Crippen MR) is 91.2 cm³/mol. The van der Waals surface area contributed by atoms with Gasteiger partial charge < -0.3 is 14.6 Å². The van der Waals surface area contributed by atoms with Crippen molar-refractivity contribution in [2.45, 2.75) is 13.1 Å². The number of hydrogen-bond donors (Lipinski definition) is 1. The lowest BCUT2D eigenvalue weighted by Crippen LogP contribution is -2.27.